The second kappa shape index (κ2) is 8.88. The Kier molecular flexibility index (Phi) is 6.59. The molecule has 1 atom stereocenters. The van der Waals surface area contributed by atoms with E-state index in [1.54, 1.807) is 42.5 Å². The Hall–Kier alpha value is -3.04. The number of carbonyl (C=O) groups is 2. The van der Waals surface area contributed by atoms with Crippen LogP contribution in [0.1, 0.15) is 18.1 Å². The van der Waals surface area contributed by atoms with E-state index in [1.165, 1.54) is 6.92 Å². The fraction of sp³-hybridized carbons (Fsp3) is 0.211. The first kappa shape index (κ1) is 19.3. The van der Waals surface area contributed by atoms with E-state index in [2.05, 4.69) is 5.32 Å². The molecule has 2 aromatic carbocycles. The molecule has 0 heterocycles. The molecule has 1 amide bonds. The fourth-order valence-electron chi connectivity index (χ4n) is 2.06. The molecule has 0 aromatic heterocycles. The molecule has 0 spiro atoms. The number of ether oxygens (including phenoxy) is 2. The highest BCUT2D eigenvalue weighted by Gasteiger charge is 2.19. The van der Waals surface area contributed by atoms with Gasteiger partial charge in [0.15, 0.2) is 12.7 Å². The smallest absolute Gasteiger partial charge is 0.344 e. The lowest BCUT2D eigenvalue weighted by Crippen LogP contribution is -2.31. The summed E-state index contributed by atoms with van der Waals surface area (Å²) in [4.78, 5) is 24.0. The van der Waals surface area contributed by atoms with Crippen molar-refractivity contribution >= 4 is 29.2 Å². The Morgan fingerprint density at radius 2 is 2.00 bits per heavy atom. The average Bonchev–Trinajstić information content (AvgIpc) is 2.63. The van der Waals surface area contributed by atoms with Crippen LogP contribution in [0, 0.1) is 18.3 Å². The van der Waals surface area contributed by atoms with Crippen LogP contribution in [0.3, 0.4) is 0 Å². The number of esters is 1. The summed E-state index contributed by atoms with van der Waals surface area (Å²) in [6, 6.07) is 13.5. The van der Waals surface area contributed by atoms with Crippen LogP contribution in [0.5, 0.6) is 5.75 Å². The molecule has 1 N–H and O–H groups in total. The molecule has 1 unspecified atom stereocenters. The van der Waals surface area contributed by atoms with Gasteiger partial charge in [-0.3, -0.25) is 4.79 Å². The average molecular weight is 373 g/mol. The highest BCUT2D eigenvalue weighted by molar-refractivity contribution is 6.31. The third kappa shape index (κ3) is 5.23. The topological polar surface area (TPSA) is 88.4 Å². The monoisotopic (exact) mass is 372 g/mol. The predicted molar refractivity (Wildman–Crippen MR) is 97.0 cm³/mol. The van der Waals surface area contributed by atoms with Gasteiger partial charge in [0.05, 0.1) is 11.3 Å². The minimum atomic E-state index is -1.04. The van der Waals surface area contributed by atoms with Crippen LogP contribution in [-0.2, 0) is 14.3 Å². The van der Waals surface area contributed by atoms with Crippen molar-refractivity contribution in [2.75, 3.05) is 11.9 Å². The summed E-state index contributed by atoms with van der Waals surface area (Å²) >= 11 is 5.92. The number of nitrogens with one attached hydrogen (secondary N) is 1. The second-order valence-corrected chi connectivity index (χ2v) is 5.89. The van der Waals surface area contributed by atoms with E-state index in [-0.39, 0.29) is 6.61 Å². The van der Waals surface area contributed by atoms with Crippen LogP contribution in [0.2, 0.25) is 5.02 Å². The molecule has 0 aliphatic carbocycles. The van der Waals surface area contributed by atoms with Crippen molar-refractivity contribution in [1.82, 2.24) is 0 Å². The lowest BCUT2D eigenvalue weighted by atomic mass is 10.2. The maximum atomic E-state index is 12.1. The van der Waals surface area contributed by atoms with Crippen LogP contribution >= 0.6 is 11.6 Å². The SMILES string of the molecule is Cc1cc(OCC(=O)OC(C)C(=O)Nc2ccccc2C#N)ccc1Cl. The summed E-state index contributed by atoms with van der Waals surface area (Å²) in [5, 5.41) is 12.2. The summed E-state index contributed by atoms with van der Waals surface area (Å²) in [6.07, 6.45) is -1.04. The number of hydrogen-bond acceptors (Lipinski definition) is 5. The van der Waals surface area contributed by atoms with Gasteiger partial charge < -0.3 is 14.8 Å². The van der Waals surface area contributed by atoms with Crippen molar-refractivity contribution in [2.45, 2.75) is 20.0 Å². The summed E-state index contributed by atoms with van der Waals surface area (Å²) < 4.78 is 10.4. The van der Waals surface area contributed by atoms with E-state index < -0.39 is 18.0 Å². The number of aryl methyl sites for hydroxylation is 1. The highest BCUT2D eigenvalue weighted by atomic mass is 35.5. The molecule has 134 valence electrons. The molecular weight excluding hydrogens is 356 g/mol. The summed E-state index contributed by atoms with van der Waals surface area (Å²) in [5.74, 6) is -0.749. The van der Waals surface area contributed by atoms with Crippen LogP contribution in [0.15, 0.2) is 42.5 Å². The molecule has 6 nitrogen and oxygen atoms in total. The number of rotatable bonds is 6. The number of nitriles is 1. The quantitative estimate of drug-likeness (QED) is 0.784. The Morgan fingerprint density at radius 3 is 2.69 bits per heavy atom. The predicted octanol–water partition coefficient (Wildman–Crippen LogP) is 3.47. The Morgan fingerprint density at radius 1 is 1.27 bits per heavy atom. The van der Waals surface area contributed by atoms with Gasteiger partial charge in [-0.15, -0.1) is 0 Å². The van der Waals surface area contributed by atoms with E-state index in [0.717, 1.165) is 5.56 Å². The van der Waals surface area contributed by atoms with E-state index in [9.17, 15) is 9.59 Å². The molecule has 0 saturated heterocycles. The third-order valence-corrected chi connectivity index (χ3v) is 3.89. The van der Waals surface area contributed by atoms with Crippen molar-refractivity contribution in [1.29, 1.82) is 5.26 Å². The zero-order valence-electron chi connectivity index (χ0n) is 14.3. The molecule has 2 rings (SSSR count). The van der Waals surface area contributed by atoms with Crippen LogP contribution < -0.4 is 10.1 Å². The van der Waals surface area contributed by atoms with Crippen molar-refractivity contribution < 1.29 is 19.1 Å². The number of hydrogen-bond donors (Lipinski definition) is 1. The molecule has 0 aliphatic heterocycles. The molecule has 0 bridgehead atoms. The van der Waals surface area contributed by atoms with Crippen LogP contribution in [0.25, 0.3) is 0 Å². The van der Waals surface area contributed by atoms with E-state index in [1.807, 2.05) is 13.0 Å². The van der Waals surface area contributed by atoms with Gasteiger partial charge in [-0.25, -0.2) is 4.79 Å². The van der Waals surface area contributed by atoms with E-state index >= 15 is 0 Å². The number of para-hydroxylation sites is 1. The van der Waals surface area contributed by atoms with Gasteiger partial charge in [0, 0.05) is 5.02 Å². The minimum absolute atomic E-state index is 0.320. The Labute approximate surface area is 156 Å². The first-order chi connectivity index (χ1) is 12.4. The van der Waals surface area contributed by atoms with Gasteiger partial charge in [-0.05, 0) is 49.7 Å². The summed E-state index contributed by atoms with van der Waals surface area (Å²) in [5.41, 5.74) is 1.50. The molecular formula is C19H17ClN2O4. The van der Waals surface area contributed by atoms with Gasteiger partial charge in [0.1, 0.15) is 11.8 Å². The molecule has 2 aromatic rings. The molecule has 0 radical (unpaired) electrons. The first-order valence-electron chi connectivity index (χ1n) is 7.79. The number of benzene rings is 2. The first-order valence-corrected chi connectivity index (χ1v) is 8.17. The maximum absolute atomic E-state index is 12.1. The van der Waals surface area contributed by atoms with Crippen LogP contribution in [0.4, 0.5) is 5.69 Å². The van der Waals surface area contributed by atoms with Gasteiger partial charge in [-0.2, -0.15) is 5.26 Å². The lowest BCUT2D eigenvalue weighted by molar-refractivity contribution is -0.155. The summed E-state index contributed by atoms with van der Waals surface area (Å²) in [6.45, 7) is 2.92. The minimum Gasteiger partial charge on any atom is -0.482 e. The van der Waals surface area contributed by atoms with Crippen LogP contribution in [-0.4, -0.2) is 24.6 Å². The number of amides is 1. The normalized spacial score (nSPS) is 11.2. The zero-order valence-corrected chi connectivity index (χ0v) is 15.0. The fourth-order valence-corrected chi connectivity index (χ4v) is 2.18. The largest absolute Gasteiger partial charge is 0.482 e. The third-order valence-electron chi connectivity index (χ3n) is 3.47. The van der Waals surface area contributed by atoms with E-state index in [0.29, 0.717) is 22.0 Å². The molecule has 0 aliphatic rings. The molecule has 7 heteroatoms. The Bertz CT molecular complexity index is 861. The standard InChI is InChI=1S/C19H17ClN2O4/c1-12-9-15(7-8-16(12)20)25-11-18(23)26-13(2)19(24)22-17-6-4-3-5-14(17)10-21/h3-9,13H,11H2,1-2H3,(H,22,24). The number of halogens is 1. The lowest BCUT2D eigenvalue weighted by Gasteiger charge is -2.14. The second-order valence-electron chi connectivity index (χ2n) is 5.48. The Balaban J connectivity index is 1.87. The molecule has 0 fully saturated rings. The van der Waals surface area contributed by atoms with Gasteiger partial charge in [-0.1, -0.05) is 23.7 Å². The van der Waals surface area contributed by atoms with Gasteiger partial charge in [0.25, 0.3) is 5.91 Å². The maximum Gasteiger partial charge on any atom is 0.344 e. The molecule has 26 heavy (non-hydrogen) atoms. The van der Waals surface area contributed by atoms with Crippen molar-refractivity contribution in [3.8, 4) is 11.8 Å². The van der Waals surface area contributed by atoms with E-state index in [4.69, 9.17) is 26.3 Å². The number of nitrogens with zero attached hydrogens (tertiary/aromatic N) is 1. The number of carbonyl (C=O) groups excluding carboxylic acids is 2. The zero-order chi connectivity index (χ0) is 19.1. The van der Waals surface area contributed by atoms with Gasteiger partial charge >= 0.3 is 5.97 Å². The van der Waals surface area contributed by atoms with Gasteiger partial charge in [0.2, 0.25) is 0 Å². The number of anilines is 1. The van der Waals surface area contributed by atoms with Crippen molar-refractivity contribution in [3.63, 3.8) is 0 Å². The summed E-state index contributed by atoms with van der Waals surface area (Å²) in [7, 11) is 0. The highest BCUT2D eigenvalue weighted by Crippen LogP contribution is 2.21. The van der Waals surface area contributed by atoms with Crippen molar-refractivity contribution in [3.05, 3.63) is 58.6 Å². The van der Waals surface area contributed by atoms with Crippen molar-refractivity contribution in [2.24, 2.45) is 0 Å². The molecule has 0 saturated carbocycles.